The van der Waals surface area contributed by atoms with Gasteiger partial charge in [-0.05, 0) is 38.7 Å². The molecule has 0 aromatic heterocycles. The van der Waals surface area contributed by atoms with Crippen LogP contribution in [0, 0.1) is 22.7 Å². The monoisotopic (exact) mass is 342 g/mol. The van der Waals surface area contributed by atoms with Crippen LogP contribution in [0.4, 0.5) is 0 Å². The number of ketones is 1. The molecule has 0 saturated heterocycles. The average molecular weight is 342 g/mol. The van der Waals surface area contributed by atoms with Crippen molar-refractivity contribution in [2.45, 2.75) is 45.4 Å². The second kappa shape index (κ2) is 11.6. The third-order valence-corrected chi connectivity index (χ3v) is 3.50. The smallest absolute Gasteiger partial charge is 0.163 e. The van der Waals surface area contributed by atoms with Crippen molar-refractivity contribution in [3.8, 4) is 23.6 Å². The predicted octanol–water partition coefficient (Wildman–Crippen LogP) is 3.85. The van der Waals surface area contributed by atoms with E-state index in [1.807, 2.05) is 0 Å². The van der Waals surface area contributed by atoms with E-state index in [2.05, 4.69) is 12.1 Å². The lowest BCUT2D eigenvalue weighted by molar-refractivity contribution is 0.101. The number of ether oxygens (including phenoxy) is 2. The van der Waals surface area contributed by atoms with Crippen LogP contribution in [0.3, 0.4) is 0 Å². The third-order valence-electron chi connectivity index (χ3n) is 3.50. The van der Waals surface area contributed by atoms with Crippen molar-refractivity contribution in [1.82, 2.24) is 0 Å². The van der Waals surface area contributed by atoms with E-state index in [1.54, 1.807) is 6.07 Å². The molecule has 1 aromatic carbocycles. The Morgan fingerprint density at radius 3 is 2.04 bits per heavy atom. The van der Waals surface area contributed by atoms with Crippen molar-refractivity contribution >= 4 is 12.1 Å². The molecular formula is C19H22N2O4. The predicted molar refractivity (Wildman–Crippen MR) is 91.8 cm³/mol. The molecule has 1 aromatic rings. The molecule has 6 heteroatoms. The first-order valence-electron chi connectivity index (χ1n) is 8.27. The number of benzene rings is 1. The Kier molecular flexibility index (Phi) is 9.40. The summed E-state index contributed by atoms with van der Waals surface area (Å²) < 4.78 is 11.3. The molecule has 1 rings (SSSR count). The number of nitriles is 2. The fourth-order valence-corrected chi connectivity index (χ4v) is 2.17. The summed E-state index contributed by atoms with van der Waals surface area (Å²) in [5.41, 5.74) is 0.626. The van der Waals surface area contributed by atoms with Crippen LogP contribution in [0.15, 0.2) is 12.1 Å². The number of hydrogen-bond donors (Lipinski definition) is 0. The zero-order valence-corrected chi connectivity index (χ0v) is 14.4. The minimum absolute atomic E-state index is 0.198. The highest BCUT2D eigenvalue weighted by Gasteiger charge is 2.15. The first-order valence-corrected chi connectivity index (χ1v) is 8.27. The number of rotatable bonds is 12. The van der Waals surface area contributed by atoms with Crippen LogP contribution < -0.4 is 9.47 Å². The van der Waals surface area contributed by atoms with Crippen molar-refractivity contribution in [3.05, 3.63) is 23.3 Å². The molecule has 25 heavy (non-hydrogen) atoms. The summed E-state index contributed by atoms with van der Waals surface area (Å²) >= 11 is 0. The summed E-state index contributed by atoms with van der Waals surface area (Å²) in [6, 6.07) is 7.18. The molecule has 0 aliphatic carbocycles. The fourth-order valence-electron chi connectivity index (χ4n) is 2.17. The number of carbonyl (C=O) groups is 2. The van der Waals surface area contributed by atoms with E-state index in [-0.39, 0.29) is 5.78 Å². The number of unbranched alkanes of at least 4 members (excludes halogenated alkanes) is 4. The molecule has 132 valence electrons. The van der Waals surface area contributed by atoms with Crippen LogP contribution in [0.5, 0.6) is 11.5 Å². The zero-order valence-electron chi connectivity index (χ0n) is 14.4. The third kappa shape index (κ3) is 7.05. The van der Waals surface area contributed by atoms with E-state index in [0.29, 0.717) is 67.8 Å². The molecule has 0 aliphatic heterocycles. The molecule has 0 atom stereocenters. The Labute approximate surface area is 148 Å². The highest BCUT2D eigenvalue weighted by Crippen LogP contribution is 2.29. The quantitative estimate of drug-likeness (QED) is 0.325. The topological polar surface area (TPSA) is 100 Å². The lowest BCUT2D eigenvalue weighted by atomic mass is 10.1. The Balaban J connectivity index is 2.83. The minimum atomic E-state index is -0.198. The normalized spacial score (nSPS) is 9.72. The first-order chi connectivity index (χ1) is 12.1. The number of Topliss-reactive ketones (excluding diaryl/α,β-unsaturated/α-hetero) is 1. The average Bonchev–Trinajstić information content (AvgIpc) is 2.61. The van der Waals surface area contributed by atoms with Crippen molar-refractivity contribution in [3.63, 3.8) is 0 Å². The molecule has 0 amide bonds. The van der Waals surface area contributed by atoms with Gasteiger partial charge < -0.3 is 9.47 Å². The molecule has 0 heterocycles. The molecule has 0 spiro atoms. The van der Waals surface area contributed by atoms with E-state index in [1.165, 1.54) is 13.0 Å². The summed E-state index contributed by atoms with van der Waals surface area (Å²) in [4.78, 5) is 23.1. The van der Waals surface area contributed by atoms with Gasteiger partial charge in [-0.2, -0.15) is 10.5 Å². The van der Waals surface area contributed by atoms with Gasteiger partial charge in [0.1, 0.15) is 11.5 Å². The fraction of sp³-hybridized carbons (Fsp3) is 0.474. The minimum Gasteiger partial charge on any atom is -0.493 e. The van der Waals surface area contributed by atoms with Gasteiger partial charge in [0.15, 0.2) is 12.1 Å². The van der Waals surface area contributed by atoms with Gasteiger partial charge in [0.2, 0.25) is 0 Å². The van der Waals surface area contributed by atoms with E-state index in [4.69, 9.17) is 20.0 Å². The summed E-state index contributed by atoms with van der Waals surface area (Å²) in [5.74, 6) is 0.543. The van der Waals surface area contributed by atoms with Gasteiger partial charge in [-0.3, -0.25) is 9.59 Å². The van der Waals surface area contributed by atoms with Crippen LogP contribution in [-0.2, 0) is 0 Å². The van der Waals surface area contributed by atoms with Gasteiger partial charge in [-0.15, -0.1) is 0 Å². The molecule has 0 radical (unpaired) electrons. The van der Waals surface area contributed by atoms with Crippen molar-refractivity contribution in [2.75, 3.05) is 13.2 Å². The summed E-state index contributed by atoms with van der Waals surface area (Å²) in [6.07, 6.45) is 4.42. The van der Waals surface area contributed by atoms with Gasteiger partial charge in [0.25, 0.3) is 0 Å². The largest absolute Gasteiger partial charge is 0.493 e. The van der Waals surface area contributed by atoms with Crippen LogP contribution in [0.25, 0.3) is 0 Å². The number of hydrogen-bond acceptors (Lipinski definition) is 6. The van der Waals surface area contributed by atoms with E-state index in [0.717, 1.165) is 12.8 Å². The van der Waals surface area contributed by atoms with Crippen LogP contribution in [0.2, 0.25) is 0 Å². The number of nitrogens with zero attached hydrogens (tertiary/aromatic N) is 2. The van der Waals surface area contributed by atoms with E-state index >= 15 is 0 Å². The van der Waals surface area contributed by atoms with Crippen molar-refractivity contribution in [1.29, 1.82) is 10.5 Å². The number of aldehydes is 1. The Hall–Kier alpha value is -2.86. The van der Waals surface area contributed by atoms with Gasteiger partial charge in [-0.1, -0.05) is 0 Å². The highest BCUT2D eigenvalue weighted by atomic mass is 16.5. The van der Waals surface area contributed by atoms with E-state index < -0.39 is 0 Å². The van der Waals surface area contributed by atoms with Crippen LogP contribution in [-0.4, -0.2) is 25.3 Å². The molecule has 6 nitrogen and oxygen atoms in total. The molecule has 0 N–H and O–H groups in total. The van der Waals surface area contributed by atoms with Gasteiger partial charge in [0, 0.05) is 18.9 Å². The highest BCUT2D eigenvalue weighted by molar-refractivity contribution is 5.99. The second-order valence-electron chi connectivity index (χ2n) is 5.49. The Bertz CT molecular complexity index is 671. The van der Waals surface area contributed by atoms with E-state index in [9.17, 15) is 9.59 Å². The molecular weight excluding hydrogens is 320 g/mol. The first kappa shape index (κ1) is 20.2. The van der Waals surface area contributed by atoms with Gasteiger partial charge >= 0.3 is 0 Å². The number of carbonyl (C=O) groups excluding carboxylic acids is 2. The maximum Gasteiger partial charge on any atom is 0.163 e. The van der Waals surface area contributed by atoms with Gasteiger partial charge in [0.05, 0.1) is 36.5 Å². The Morgan fingerprint density at radius 2 is 1.56 bits per heavy atom. The standard InChI is InChI=1S/C19H22N2O4/c1-15(23)17-12-16(14-22)18(24-10-6-2-4-8-20)13-19(17)25-11-7-3-5-9-21/h12-14H,2-7,10-11H2,1H3. The zero-order chi connectivity index (χ0) is 18.5. The van der Waals surface area contributed by atoms with Crippen LogP contribution in [0.1, 0.15) is 66.2 Å². The maximum atomic E-state index is 11.8. The van der Waals surface area contributed by atoms with Gasteiger partial charge in [-0.25, -0.2) is 0 Å². The molecule has 0 aliphatic rings. The van der Waals surface area contributed by atoms with Crippen LogP contribution >= 0.6 is 0 Å². The molecule has 0 saturated carbocycles. The van der Waals surface area contributed by atoms with Crippen molar-refractivity contribution in [2.24, 2.45) is 0 Å². The summed E-state index contributed by atoms with van der Waals surface area (Å²) in [7, 11) is 0. The molecule has 0 bridgehead atoms. The molecule has 0 fully saturated rings. The molecule has 0 unspecified atom stereocenters. The summed E-state index contributed by atoms with van der Waals surface area (Å²) in [5, 5.41) is 17.0. The Morgan fingerprint density at radius 1 is 1.00 bits per heavy atom. The lowest BCUT2D eigenvalue weighted by Crippen LogP contribution is -2.07. The van der Waals surface area contributed by atoms with Crippen molar-refractivity contribution < 1.29 is 19.1 Å². The summed E-state index contributed by atoms with van der Waals surface area (Å²) in [6.45, 7) is 2.17. The second-order valence-corrected chi connectivity index (χ2v) is 5.49. The lowest BCUT2D eigenvalue weighted by Gasteiger charge is -2.14. The SMILES string of the molecule is CC(=O)c1cc(C=O)c(OCCCCC#N)cc1OCCCCC#N. The maximum absolute atomic E-state index is 11.8.